The Kier molecular flexibility index (Phi) is 9.43. The minimum Gasteiger partial charge on any atom is -0.351 e. The zero-order chi connectivity index (χ0) is 4.28. The van der Waals surface area contributed by atoms with Gasteiger partial charge in [-0.2, -0.15) is 0 Å². The fourth-order valence-electron chi connectivity index (χ4n) is 0. The molecule has 0 radical (unpaired) electrons. The Balaban J connectivity index is 0. The van der Waals surface area contributed by atoms with Gasteiger partial charge in [0.25, 0.3) is 0 Å². The van der Waals surface area contributed by atoms with E-state index in [1.54, 1.807) is 14.1 Å². The maximum absolute atomic E-state index is 9.43. The van der Waals surface area contributed by atoms with Crippen molar-refractivity contribution in [3.05, 3.63) is 0 Å². The van der Waals surface area contributed by atoms with Gasteiger partial charge in [-0.3, -0.25) is 4.79 Å². The second-order valence-corrected chi connectivity index (χ2v) is 1.07. The Hall–Kier alpha value is 0.730. The second kappa shape index (κ2) is 5.73. The zero-order valence-electron chi connectivity index (χ0n) is 3.79. The molecule has 0 aliphatic heterocycles. The van der Waals surface area contributed by atoms with Crippen molar-refractivity contribution in [2.24, 2.45) is 0 Å². The average molecular weight is 113 g/mol. The smallest absolute Gasteiger partial charge is 0.209 e. The molecule has 0 spiro atoms. The van der Waals surface area contributed by atoms with Gasteiger partial charge in [0, 0.05) is 51.8 Å². The largest absolute Gasteiger partial charge is 0.351 e. The summed E-state index contributed by atoms with van der Waals surface area (Å²) >= 11 is 0. The van der Waals surface area contributed by atoms with E-state index in [1.165, 1.54) is 4.90 Å². The van der Waals surface area contributed by atoms with Gasteiger partial charge in [-0.25, -0.2) is 0 Å². The summed E-state index contributed by atoms with van der Waals surface area (Å²) in [4.78, 5) is 10.9. The van der Waals surface area contributed by atoms with Crippen LogP contribution in [0.15, 0.2) is 0 Å². The summed E-state index contributed by atoms with van der Waals surface area (Å²) in [6.45, 7) is 0. The summed E-state index contributed by atoms with van der Waals surface area (Å²) in [6, 6.07) is 0. The van der Waals surface area contributed by atoms with Crippen molar-refractivity contribution in [3.8, 4) is 0 Å². The van der Waals surface area contributed by atoms with Gasteiger partial charge in [-0.05, 0) is 0 Å². The maximum atomic E-state index is 9.43. The summed E-state index contributed by atoms with van der Waals surface area (Å²) < 4.78 is 0. The molecule has 2 nitrogen and oxygen atoms in total. The molecule has 0 N–H and O–H groups in total. The summed E-state index contributed by atoms with van der Waals surface area (Å²) in [6.07, 6.45) is 0.750. The first-order valence-corrected chi connectivity index (χ1v) is 1.39. The Morgan fingerprint density at radius 2 is 1.67 bits per heavy atom. The van der Waals surface area contributed by atoms with Gasteiger partial charge in [0.05, 0.1) is 0 Å². The van der Waals surface area contributed by atoms with Crippen LogP contribution in [0.25, 0.3) is 0 Å². The molecule has 3 heteroatoms. The third-order valence-corrected chi connectivity index (χ3v) is 0.211. The Labute approximate surface area is 67.5 Å². The van der Waals surface area contributed by atoms with E-state index in [0.29, 0.717) is 0 Å². The van der Waals surface area contributed by atoms with Crippen molar-refractivity contribution >= 4 is 6.41 Å². The van der Waals surface area contributed by atoms with Crippen molar-refractivity contribution in [1.82, 2.24) is 4.90 Å². The molecule has 0 heterocycles. The number of hydrogen-bond donors (Lipinski definition) is 0. The predicted molar refractivity (Wildman–Crippen MR) is 19.8 cm³/mol. The van der Waals surface area contributed by atoms with E-state index in [2.05, 4.69) is 0 Å². The van der Waals surface area contributed by atoms with Crippen molar-refractivity contribution in [1.29, 1.82) is 0 Å². The van der Waals surface area contributed by atoms with Crippen LogP contribution < -0.4 is 0 Å². The molecule has 0 saturated carbocycles. The maximum Gasteiger partial charge on any atom is 0.209 e. The Morgan fingerprint density at radius 3 is 1.67 bits per heavy atom. The van der Waals surface area contributed by atoms with E-state index in [0.717, 1.165) is 6.41 Å². The SMILES string of the molecule is CN(C)C=O.[Ar]. The molecular formula is C3H7ArNO. The van der Waals surface area contributed by atoms with Crippen LogP contribution in [0, 0.1) is 37.7 Å². The van der Waals surface area contributed by atoms with Crippen LogP contribution in [-0.4, -0.2) is 25.4 Å². The van der Waals surface area contributed by atoms with E-state index in [4.69, 9.17) is 0 Å². The summed E-state index contributed by atoms with van der Waals surface area (Å²) in [5, 5.41) is 0. The number of carbonyl (C=O) groups excluding carboxylic acids is 1. The Morgan fingerprint density at radius 1 is 1.50 bits per heavy atom. The van der Waals surface area contributed by atoms with Gasteiger partial charge >= 0.3 is 0 Å². The van der Waals surface area contributed by atoms with Gasteiger partial charge in [0.2, 0.25) is 6.41 Å². The summed E-state index contributed by atoms with van der Waals surface area (Å²) in [5.41, 5.74) is 0. The van der Waals surface area contributed by atoms with Crippen LogP contribution >= 0.6 is 0 Å². The molecular weight excluding hydrogens is 106 g/mol. The summed E-state index contributed by atoms with van der Waals surface area (Å²) in [7, 11) is 3.38. The van der Waals surface area contributed by atoms with Gasteiger partial charge in [-0.1, -0.05) is 0 Å². The Bertz CT molecular complexity index is 37.8. The van der Waals surface area contributed by atoms with Crippen molar-refractivity contribution in [2.45, 2.75) is 0 Å². The standard InChI is InChI=1S/C3H7NO.Ar/c1-4(2)3-5;/h3H,1-2H3;. The molecule has 0 aliphatic rings. The molecule has 0 saturated heterocycles. The molecule has 0 aromatic heterocycles. The number of amides is 1. The monoisotopic (exact) mass is 113 g/mol. The molecule has 0 atom stereocenters. The fourth-order valence-corrected chi connectivity index (χ4v) is 0. The van der Waals surface area contributed by atoms with Crippen LogP contribution in [0.3, 0.4) is 0 Å². The topological polar surface area (TPSA) is 20.3 Å². The van der Waals surface area contributed by atoms with Crippen LogP contribution in [0.1, 0.15) is 0 Å². The van der Waals surface area contributed by atoms with Crippen LogP contribution in [0.2, 0.25) is 0 Å². The van der Waals surface area contributed by atoms with E-state index in [1.807, 2.05) is 0 Å². The molecule has 6 heavy (non-hydrogen) atoms. The number of hydrogen-bond acceptors (Lipinski definition) is 1. The number of carbonyl (C=O) groups is 1. The fraction of sp³-hybridized carbons (Fsp3) is 0.667. The van der Waals surface area contributed by atoms with E-state index >= 15 is 0 Å². The normalized spacial score (nSPS) is 5.67. The molecule has 0 unspecified atom stereocenters. The van der Waals surface area contributed by atoms with Gasteiger partial charge in [-0.15, -0.1) is 0 Å². The molecule has 0 aromatic carbocycles. The molecule has 0 rings (SSSR count). The van der Waals surface area contributed by atoms with Crippen LogP contribution in [0.5, 0.6) is 0 Å². The van der Waals surface area contributed by atoms with Crippen LogP contribution in [-0.2, 0) is 4.79 Å². The molecule has 0 fully saturated rings. The van der Waals surface area contributed by atoms with E-state index < -0.39 is 0 Å². The van der Waals surface area contributed by atoms with Crippen molar-refractivity contribution in [3.63, 3.8) is 0 Å². The van der Waals surface area contributed by atoms with Gasteiger partial charge in [0.1, 0.15) is 0 Å². The van der Waals surface area contributed by atoms with Crippen molar-refractivity contribution < 1.29 is 42.5 Å². The molecule has 38 valence electrons. The minimum atomic E-state index is 0. The van der Waals surface area contributed by atoms with Gasteiger partial charge in [0.15, 0.2) is 0 Å². The third kappa shape index (κ3) is 8.83. The number of rotatable bonds is 1. The van der Waals surface area contributed by atoms with Gasteiger partial charge < -0.3 is 4.90 Å². The molecule has 0 aromatic rings. The second-order valence-electron chi connectivity index (χ2n) is 1.07. The zero-order valence-corrected chi connectivity index (χ0v) is 4.49. The first-order chi connectivity index (χ1) is 2.27. The quantitative estimate of drug-likeness (QED) is 0.427. The summed E-state index contributed by atoms with van der Waals surface area (Å²) in [5.74, 6) is 0. The van der Waals surface area contributed by atoms with Crippen LogP contribution in [0.4, 0.5) is 0 Å². The average Bonchev–Trinajstić information content (AvgIpc) is 1.38. The minimum absolute atomic E-state index is 0. The molecule has 0 bridgehead atoms. The first-order valence-electron chi connectivity index (χ1n) is 1.39. The molecule has 0 aliphatic carbocycles. The predicted octanol–water partition coefficient (Wildman–Crippen LogP) is -0.296. The van der Waals surface area contributed by atoms with E-state index in [-0.39, 0.29) is 37.7 Å². The number of nitrogens with zero attached hydrogens (tertiary/aromatic N) is 1. The van der Waals surface area contributed by atoms with E-state index in [9.17, 15) is 4.79 Å². The first kappa shape index (κ1) is 9.88. The third-order valence-electron chi connectivity index (χ3n) is 0.211. The molecule has 1 amide bonds. The van der Waals surface area contributed by atoms with Crippen molar-refractivity contribution in [2.75, 3.05) is 14.1 Å².